The van der Waals surface area contributed by atoms with Crippen molar-refractivity contribution in [3.05, 3.63) is 65.5 Å². The van der Waals surface area contributed by atoms with E-state index in [9.17, 15) is 5.26 Å². The van der Waals surface area contributed by atoms with Gasteiger partial charge in [0.1, 0.15) is 6.07 Å². The van der Waals surface area contributed by atoms with E-state index in [1.807, 2.05) is 12.1 Å². The quantitative estimate of drug-likeness (QED) is 0.861. The third-order valence-corrected chi connectivity index (χ3v) is 3.24. The summed E-state index contributed by atoms with van der Waals surface area (Å²) in [6.45, 7) is 4.29. The second-order valence-corrected chi connectivity index (χ2v) is 4.91. The fraction of sp³-hybridized carbons (Fsp3) is 0.176. The molecular weight excluding hydrogens is 246 g/mol. The van der Waals surface area contributed by atoms with Crippen molar-refractivity contribution in [2.45, 2.75) is 19.8 Å². The molecule has 20 heavy (non-hydrogen) atoms. The first-order valence-electron chi connectivity index (χ1n) is 6.54. The Morgan fingerprint density at radius 2 is 1.65 bits per heavy atom. The summed E-state index contributed by atoms with van der Waals surface area (Å²) < 4.78 is 0. The Labute approximate surface area is 119 Å². The summed E-state index contributed by atoms with van der Waals surface area (Å²) in [5.74, 6) is 0.477. The first-order valence-corrected chi connectivity index (χ1v) is 6.54. The van der Waals surface area contributed by atoms with Gasteiger partial charge in [-0.05, 0) is 34.7 Å². The molecule has 2 aromatic rings. The lowest BCUT2D eigenvalue weighted by molar-refractivity contribution is 0.866. The summed E-state index contributed by atoms with van der Waals surface area (Å²) in [6.07, 6.45) is 3.31. The van der Waals surface area contributed by atoms with Crippen molar-refractivity contribution in [3.8, 4) is 6.07 Å². The van der Waals surface area contributed by atoms with E-state index in [4.69, 9.17) is 5.73 Å². The summed E-state index contributed by atoms with van der Waals surface area (Å²) in [4.78, 5) is 3.95. The number of hydrogen-bond donors (Lipinski definition) is 1. The molecule has 1 heterocycles. The summed E-state index contributed by atoms with van der Waals surface area (Å²) in [5, 5.41) is 9.35. The van der Waals surface area contributed by atoms with Crippen molar-refractivity contribution in [1.29, 1.82) is 5.26 Å². The largest absolute Gasteiger partial charge is 0.397 e. The minimum Gasteiger partial charge on any atom is -0.397 e. The molecule has 3 heteroatoms. The van der Waals surface area contributed by atoms with Crippen LogP contribution in [0.15, 0.2) is 48.8 Å². The molecule has 0 radical (unpaired) electrons. The highest BCUT2D eigenvalue weighted by Gasteiger charge is 2.08. The number of allylic oxidation sites excluding steroid dienone is 1. The van der Waals surface area contributed by atoms with Gasteiger partial charge in [0.25, 0.3) is 0 Å². The van der Waals surface area contributed by atoms with Crippen molar-refractivity contribution in [2.75, 3.05) is 0 Å². The summed E-state index contributed by atoms with van der Waals surface area (Å²) in [6, 6.07) is 13.8. The van der Waals surface area contributed by atoms with Crippen molar-refractivity contribution < 1.29 is 0 Å². The molecule has 2 rings (SSSR count). The highest BCUT2D eigenvalue weighted by Crippen LogP contribution is 2.23. The zero-order chi connectivity index (χ0) is 14.5. The zero-order valence-electron chi connectivity index (χ0n) is 11.7. The maximum atomic E-state index is 9.35. The van der Waals surface area contributed by atoms with Crippen LogP contribution < -0.4 is 5.73 Å². The van der Waals surface area contributed by atoms with E-state index in [0.717, 1.165) is 11.1 Å². The van der Waals surface area contributed by atoms with Gasteiger partial charge in [-0.25, -0.2) is 0 Å². The molecule has 0 fully saturated rings. The highest BCUT2D eigenvalue weighted by atomic mass is 14.6. The third kappa shape index (κ3) is 2.86. The number of aromatic nitrogens is 1. The molecule has 0 aliphatic carbocycles. The van der Waals surface area contributed by atoms with Gasteiger partial charge in [0, 0.05) is 12.4 Å². The van der Waals surface area contributed by atoms with E-state index in [1.165, 1.54) is 5.56 Å². The van der Waals surface area contributed by atoms with Gasteiger partial charge in [-0.1, -0.05) is 38.1 Å². The average molecular weight is 263 g/mol. The maximum Gasteiger partial charge on any atom is 0.102 e. The minimum absolute atomic E-state index is 0.477. The molecule has 100 valence electrons. The number of nitrogens with two attached hydrogens (primary N) is 1. The van der Waals surface area contributed by atoms with E-state index >= 15 is 0 Å². The van der Waals surface area contributed by atoms with E-state index in [1.54, 1.807) is 24.5 Å². The maximum absolute atomic E-state index is 9.35. The normalized spacial score (nSPS) is 11.9. The Bertz CT molecular complexity index is 647. The molecule has 0 amide bonds. The van der Waals surface area contributed by atoms with Crippen LogP contribution in [0, 0.1) is 11.3 Å². The number of pyridine rings is 1. The van der Waals surface area contributed by atoms with Crippen LogP contribution in [0.5, 0.6) is 0 Å². The second kappa shape index (κ2) is 6.03. The second-order valence-electron chi connectivity index (χ2n) is 4.91. The molecule has 0 aliphatic heterocycles. The lowest BCUT2D eigenvalue weighted by atomic mass is 9.98. The van der Waals surface area contributed by atoms with Crippen LogP contribution in [0.4, 0.5) is 0 Å². The topological polar surface area (TPSA) is 62.7 Å². The number of nitrogens with zero attached hydrogens (tertiary/aromatic N) is 2. The first-order chi connectivity index (χ1) is 9.63. The SMILES string of the molecule is CC(C)c1ccc(/C(N)=C(/C#N)c2ccncc2)cc1. The molecular formula is C17H17N3. The molecule has 3 nitrogen and oxygen atoms in total. The molecule has 0 spiro atoms. The van der Waals surface area contributed by atoms with Crippen molar-refractivity contribution in [1.82, 2.24) is 4.98 Å². The van der Waals surface area contributed by atoms with Gasteiger partial charge in [0.2, 0.25) is 0 Å². The van der Waals surface area contributed by atoms with Gasteiger partial charge in [0.05, 0.1) is 11.3 Å². The molecule has 1 aromatic heterocycles. The zero-order valence-corrected chi connectivity index (χ0v) is 11.7. The summed E-state index contributed by atoms with van der Waals surface area (Å²) >= 11 is 0. The monoisotopic (exact) mass is 263 g/mol. The van der Waals surface area contributed by atoms with Crippen LogP contribution in [0.1, 0.15) is 36.5 Å². The number of hydrogen-bond acceptors (Lipinski definition) is 3. The Morgan fingerprint density at radius 1 is 1.05 bits per heavy atom. The predicted molar refractivity (Wildman–Crippen MR) is 81.4 cm³/mol. The lowest BCUT2D eigenvalue weighted by Crippen LogP contribution is -2.01. The van der Waals surface area contributed by atoms with Crippen LogP contribution in [0.25, 0.3) is 11.3 Å². The van der Waals surface area contributed by atoms with Crippen molar-refractivity contribution in [2.24, 2.45) is 5.73 Å². The number of nitriles is 1. The Balaban J connectivity index is 2.44. The van der Waals surface area contributed by atoms with Crippen LogP contribution in [0.3, 0.4) is 0 Å². The van der Waals surface area contributed by atoms with Crippen molar-refractivity contribution in [3.63, 3.8) is 0 Å². The Hall–Kier alpha value is -2.60. The van der Waals surface area contributed by atoms with Gasteiger partial charge in [0.15, 0.2) is 0 Å². The van der Waals surface area contributed by atoms with E-state index in [-0.39, 0.29) is 0 Å². The van der Waals surface area contributed by atoms with E-state index < -0.39 is 0 Å². The smallest absolute Gasteiger partial charge is 0.102 e. The van der Waals surface area contributed by atoms with Gasteiger partial charge < -0.3 is 5.73 Å². The number of benzene rings is 1. The number of rotatable bonds is 3. The van der Waals surface area contributed by atoms with Crippen molar-refractivity contribution >= 4 is 11.3 Å². The molecule has 0 bridgehead atoms. The molecule has 2 N–H and O–H groups in total. The average Bonchev–Trinajstić information content (AvgIpc) is 2.49. The molecule has 0 aliphatic rings. The molecule has 1 aromatic carbocycles. The fourth-order valence-corrected chi connectivity index (χ4v) is 1.99. The molecule has 0 saturated carbocycles. The Kier molecular flexibility index (Phi) is 4.17. The van der Waals surface area contributed by atoms with E-state index in [0.29, 0.717) is 17.2 Å². The van der Waals surface area contributed by atoms with Gasteiger partial charge >= 0.3 is 0 Å². The standard InChI is InChI=1S/C17H17N3/c1-12(2)13-3-5-15(6-4-13)17(19)16(11-18)14-7-9-20-10-8-14/h3-10,12H,19H2,1-2H3/b17-16+. The van der Waals surface area contributed by atoms with Gasteiger partial charge in [-0.3, -0.25) is 4.98 Å². The molecule has 0 atom stereocenters. The Morgan fingerprint density at radius 3 is 2.15 bits per heavy atom. The summed E-state index contributed by atoms with van der Waals surface area (Å²) in [7, 11) is 0. The van der Waals surface area contributed by atoms with Crippen LogP contribution >= 0.6 is 0 Å². The predicted octanol–water partition coefficient (Wildman–Crippen LogP) is 3.56. The minimum atomic E-state index is 0.477. The van der Waals surface area contributed by atoms with E-state index in [2.05, 4.69) is 37.0 Å². The van der Waals surface area contributed by atoms with Gasteiger partial charge in [-0.2, -0.15) is 5.26 Å². The van der Waals surface area contributed by atoms with Gasteiger partial charge in [-0.15, -0.1) is 0 Å². The molecule has 0 saturated heterocycles. The highest BCUT2D eigenvalue weighted by molar-refractivity contribution is 5.95. The summed E-state index contributed by atoms with van der Waals surface area (Å²) in [5.41, 5.74) is 10.0. The van der Waals surface area contributed by atoms with Crippen LogP contribution in [0.2, 0.25) is 0 Å². The third-order valence-electron chi connectivity index (χ3n) is 3.24. The lowest BCUT2D eigenvalue weighted by Gasteiger charge is -2.09. The fourth-order valence-electron chi connectivity index (χ4n) is 1.99. The molecule has 0 unspecified atom stereocenters. The van der Waals surface area contributed by atoms with Crippen LogP contribution in [-0.2, 0) is 0 Å². The van der Waals surface area contributed by atoms with Crippen LogP contribution in [-0.4, -0.2) is 4.98 Å². The first kappa shape index (κ1) is 13.8.